The average molecular weight is 563 g/mol. The van der Waals surface area contributed by atoms with E-state index < -0.39 is 0 Å². The average Bonchev–Trinajstić information content (AvgIpc) is 3.06. The summed E-state index contributed by atoms with van der Waals surface area (Å²) in [5, 5.41) is 18.4. The van der Waals surface area contributed by atoms with Crippen LogP contribution in [0.2, 0.25) is 0 Å². The van der Waals surface area contributed by atoms with Gasteiger partial charge in [0.1, 0.15) is 0 Å². The van der Waals surface area contributed by atoms with E-state index in [4.69, 9.17) is 10.1 Å². The molecule has 2 aliphatic carbocycles. The van der Waals surface area contributed by atoms with Gasteiger partial charge in [-0.25, -0.2) is 9.78 Å². The van der Waals surface area contributed by atoms with Crippen molar-refractivity contribution in [1.29, 1.82) is 0 Å². The Hall–Kier alpha value is -0.680. The highest BCUT2D eigenvalue weighted by Crippen LogP contribution is 2.58. The van der Waals surface area contributed by atoms with Gasteiger partial charge in [-0.2, -0.15) is 0 Å². The Kier molecular flexibility index (Phi) is 20.3. The Labute approximate surface area is 248 Å². The van der Waals surface area contributed by atoms with Gasteiger partial charge in [-0.15, -0.1) is 0 Å². The Bertz CT molecular complexity index is 647. The molecule has 0 aromatic heterocycles. The van der Waals surface area contributed by atoms with Gasteiger partial charge in [0.15, 0.2) is 0 Å². The predicted octanol–water partition coefficient (Wildman–Crippen LogP) is 11.6. The van der Waals surface area contributed by atoms with Crippen molar-refractivity contribution in [3.63, 3.8) is 0 Å². The summed E-state index contributed by atoms with van der Waals surface area (Å²) in [5.41, 5.74) is 0.185. The Balaban J connectivity index is 2.27. The maximum absolute atomic E-state index is 9.84. The first-order valence-corrected chi connectivity index (χ1v) is 17.6. The second-order valence-corrected chi connectivity index (χ2v) is 13.1. The zero-order valence-electron chi connectivity index (χ0n) is 26.5. The molecule has 5 atom stereocenters. The molecule has 0 saturated heterocycles. The molecule has 5 unspecified atom stereocenters. The molecular weight excluding hydrogens is 496 g/mol. The van der Waals surface area contributed by atoms with E-state index in [9.17, 15) is 5.26 Å². The van der Waals surface area contributed by atoms with E-state index in [0.29, 0.717) is 36.9 Å². The van der Waals surface area contributed by atoms with Gasteiger partial charge < -0.3 is 0 Å². The van der Waals surface area contributed by atoms with E-state index in [1.807, 2.05) is 0 Å². The van der Waals surface area contributed by atoms with E-state index in [0.717, 1.165) is 12.8 Å². The molecule has 2 rings (SSSR count). The molecule has 2 aliphatic rings. The van der Waals surface area contributed by atoms with Crippen LogP contribution in [0.4, 0.5) is 0 Å². The topological polar surface area (TPSA) is 58.9 Å². The van der Waals surface area contributed by atoms with Crippen molar-refractivity contribution < 1.29 is 20.3 Å². The van der Waals surface area contributed by atoms with E-state index in [2.05, 4.69) is 43.0 Å². The maximum Gasteiger partial charge on any atom is 0.0853 e. The van der Waals surface area contributed by atoms with Crippen LogP contribution >= 0.6 is 0 Å². The lowest BCUT2D eigenvalue weighted by atomic mass is 9.50. The summed E-state index contributed by atoms with van der Waals surface area (Å²) in [6.45, 7) is 5.56. The first-order valence-electron chi connectivity index (χ1n) is 17.6. The van der Waals surface area contributed by atoms with Gasteiger partial charge >= 0.3 is 0 Å². The van der Waals surface area contributed by atoms with Crippen LogP contribution in [0.25, 0.3) is 0 Å². The first kappa shape index (κ1) is 35.5. The number of rotatable bonds is 21. The van der Waals surface area contributed by atoms with Crippen molar-refractivity contribution in [2.45, 2.75) is 162 Å². The van der Waals surface area contributed by atoms with Crippen LogP contribution in [0.3, 0.4) is 0 Å². The highest BCUT2D eigenvalue weighted by atomic mass is 17.1. The largest absolute Gasteiger partial charge is 0.252 e. The van der Waals surface area contributed by atoms with Gasteiger partial charge in [0.05, 0.1) is 13.2 Å². The molecule has 1 fully saturated rings. The van der Waals surface area contributed by atoms with Crippen LogP contribution in [0.15, 0.2) is 24.3 Å². The van der Waals surface area contributed by atoms with Crippen LogP contribution in [-0.4, -0.2) is 23.7 Å². The summed E-state index contributed by atoms with van der Waals surface area (Å²) in [7, 11) is 0. The maximum atomic E-state index is 9.84. The summed E-state index contributed by atoms with van der Waals surface area (Å²) in [4.78, 5) is 9.27. The quantitative estimate of drug-likeness (QED) is 0.0632. The van der Waals surface area contributed by atoms with Crippen LogP contribution in [-0.2, 0) is 9.78 Å². The van der Waals surface area contributed by atoms with Crippen LogP contribution in [0, 0.1) is 29.1 Å². The fraction of sp³-hybridized carbons (Fsp3) is 0.889. The number of hydrogen-bond acceptors (Lipinski definition) is 4. The molecule has 0 bridgehead atoms. The van der Waals surface area contributed by atoms with Crippen LogP contribution < -0.4 is 0 Å². The lowest BCUT2D eigenvalue weighted by Crippen LogP contribution is -2.49. The Morgan fingerprint density at radius 3 is 2.15 bits per heavy atom. The molecule has 0 radical (unpaired) electrons. The van der Waals surface area contributed by atoms with Crippen molar-refractivity contribution in [3.05, 3.63) is 24.3 Å². The summed E-state index contributed by atoms with van der Waals surface area (Å²) in [6.07, 6.45) is 39.6. The molecule has 0 aromatic rings. The minimum atomic E-state index is 0.185. The fourth-order valence-corrected chi connectivity index (χ4v) is 8.06. The van der Waals surface area contributed by atoms with E-state index >= 15 is 0 Å². The molecule has 0 amide bonds. The third-order valence-corrected chi connectivity index (χ3v) is 10.3. The zero-order chi connectivity index (χ0) is 28.7. The summed E-state index contributed by atoms with van der Waals surface area (Å²) in [5.74, 6) is 2.14. The Morgan fingerprint density at radius 2 is 1.40 bits per heavy atom. The fourth-order valence-electron chi connectivity index (χ4n) is 8.06. The lowest BCUT2D eigenvalue weighted by molar-refractivity contribution is -0.263. The van der Waals surface area contributed by atoms with Crippen LogP contribution in [0.5, 0.6) is 0 Å². The first-order chi connectivity index (χ1) is 19.7. The van der Waals surface area contributed by atoms with E-state index in [-0.39, 0.29) is 5.41 Å². The van der Waals surface area contributed by atoms with Gasteiger partial charge in [0, 0.05) is 0 Å². The van der Waals surface area contributed by atoms with E-state index in [1.54, 1.807) is 0 Å². The molecule has 0 aromatic carbocycles. The second kappa shape index (κ2) is 22.9. The van der Waals surface area contributed by atoms with Gasteiger partial charge in [-0.1, -0.05) is 141 Å². The van der Waals surface area contributed by atoms with Crippen LogP contribution in [0.1, 0.15) is 162 Å². The molecule has 1 saturated carbocycles. The normalized spacial score (nSPS) is 27.7. The molecule has 1 spiro atoms. The van der Waals surface area contributed by atoms with E-state index in [1.165, 1.54) is 135 Å². The highest BCUT2D eigenvalue weighted by molar-refractivity contribution is 5.18. The Morgan fingerprint density at radius 1 is 0.725 bits per heavy atom. The van der Waals surface area contributed by atoms with Gasteiger partial charge in [0.25, 0.3) is 0 Å². The number of allylic oxidation sites excluding steroid dienone is 4. The summed E-state index contributed by atoms with van der Waals surface area (Å²) >= 11 is 0. The van der Waals surface area contributed by atoms with Crippen molar-refractivity contribution in [1.82, 2.24) is 0 Å². The summed E-state index contributed by atoms with van der Waals surface area (Å²) in [6, 6.07) is 0. The van der Waals surface area contributed by atoms with Gasteiger partial charge in [0.2, 0.25) is 0 Å². The molecule has 0 aliphatic heterocycles. The standard InChI is InChI=1S/C36H66O4/c1-3-5-7-12-20-26-35-32(23-17-6-4-2)27-28-33(24-18-13-9-8-10-16-22-30-39-37)36(35)29-21-15-11-14-19-25-34(36)31-40-38/h20,26-28,32-35,37-38H,3-19,21-25,29-31H2,1-2H3. The van der Waals surface area contributed by atoms with Gasteiger partial charge in [-0.3, -0.25) is 10.5 Å². The predicted molar refractivity (Wildman–Crippen MR) is 169 cm³/mol. The van der Waals surface area contributed by atoms with Crippen molar-refractivity contribution in [2.24, 2.45) is 29.1 Å². The minimum absolute atomic E-state index is 0.185. The van der Waals surface area contributed by atoms with Crippen molar-refractivity contribution in [2.75, 3.05) is 13.2 Å². The molecule has 2 N–H and O–H groups in total. The highest BCUT2D eigenvalue weighted by Gasteiger charge is 2.51. The smallest absolute Gasteiger partial charge is 0.0853 e. The third kappa shape index (κ3) is 12.3. The van der Waals surface area contributed by atoms with Crippen molar-refractivity contribution in [3.8, 4) is 0 Å². The van der Waals surface area contributed by atoms with Gasteiger partial charge in [-0.05, 0) is 74.0 Å². The third-order valence-electron chi connectivity index (χ3n) is 10.3. The number of unbranched alkanes of at least 4 members (excludes halogenated alkanes) is 11. The second-order valence-electron chi connectivity index (χ2n) is 13.1. The monoisotopic (exact) mass is 562 g/mol. The van der Waals surface area contributed by atoms with Crippen molar-refractivity contribution >= 4 is 0 Å². The molecular formula is C36H66O4. The number of hydrogen-bond donors (Lipinski definition) is 2. The molecule has 4 heteroatoms. The summed E-state index contributed by atoms with van der Waals surface area (Å²) < 4.78 is 0. The molecule has 40 heavy (non-hydrogen) atoms. The molecule has 4 nitrogen and oxygen atoms in total. The zero-order valence-corrected chi connectivity index (χ0v) is 26.5. The molecule has 0 heterocycles. The lowest BCUT2D eigenvalue weighted by Gasteiger charge is -2.54. The minimum Gasteiger partial charge on any atom is -0.252 e. The molecule has 234 valence electrons. The SMILES string of the molecule is CCCCCC=CC1C(CCCCC)C=CC(CCCCCCCCCOO)C12CCCCCCCC2COO.